The van der Waals surface area contributed by atoms with Crippen LogP contribution >= 0.6 is 0 Å². The summed E-state index contributed by atoms with van der Waals surface area (Å²) < 4.78 is 25.9. The first kappa shape index (κ1) is 15.1. The molecule has 1 aromatic carbocycles. The van der Waals surface area contributed by atoms with Crippen molar-refractivity contribution in [1.82, 2.24) is 4.57 Å². The molecular weight excluding hydrogens is 272 g/mol. The summed E-state index contributed by atoms with van der Waals surface area (Å²) in [6.45, 7) is 6.31. The minimum Gasteiger partial charge on any atom is -0.344 e. The second kappa shape index (κ2) is 5.58. The number of aromatic nitrogens is 1. The topological polar surface area (TPSA) is 65.1 Å². The van der Waals surface area contributed by atoms with Gasteiger partial charge in [0.25, 0.3) is 0 Å². The lowest BCUT2D eigenvalue weighted by Crippen LogP contribution is -2.06. The van der Waals surface area contributed by atoms with E-state index in [4.69, 9.17) is 5.73 Å². The van der Waals surface area contributed by atoms with Gasteiger partial charge in [0.15, 0.2) is 9.84 Å². The van der Waals surface area contributed by atoms with E-state index in [1.165, 1.54) is 0 Å². The second-order valence-electron chi connectivity index (χ2n) is 5.35. The smallest absolute Gasteiger partial charge is 0.154 e. The van der Waals surface area contributed by atoms with Crippen molar-refractivity contribution < 1.29 is 8.42 Å². The molecule has 0 atom stereocenters. The molecule has 0 aliphatic rings. The molecule has 1 aromatic heterocycles. The first-order valence-electron chi connectivity index (χ1n) is 6.91. The lowest BCUT2D eigenvalue weighted by atomic mass is 10.1. The molecular formula is C15H22N2O2S. The van der Waals surface area contributed by atoms with Crippen LogP contribution < -0.4 is 5.73 Å². The van der Waals surface area contributed by atoms with Gasteiger partial charge < -0.3 is 10.3 Å². The summed E-state index contributed by atoms with van der Waals surface area (Å²) in [6.07, 6.45) is 1.96. The normalized spacial score (nSPS) is 12.4. The predicted molar refractivity (Wildman–Crippen MR) is 83.4 cm³/mol. The molecule has 0 fully saturated rings. The third-order valence-electron chi connectivity index (χ3n) is 3.61. The van der Waals surface area contributed by atoms with Crippen LogP contribution in [0.2, 0.25) is 0 Å². The molecule has 0 radical (unpaired) electrons. The van der Waals surface area contributed by atoms with Crippen molar-refractivity contribution in [1.29, 1.82) is 0 Å². The van der Waals surface area contributed by atoms with Crippen LogP contribution in [0.4, 0.5) is 0 Å². The van der Waals surface area contributed by atoms with Gasteiger partial charge in [-0.05, 0) is 25.0 Å². The minimum absolute atomic E-state index is 0.0910. The Morgan fingerprint density at radius 3 is 2.50 bits per heavy atom. The third kappa shape index (κ3) is 2.74. The number of hydrogen-bond acceptors (Lipinski definition) is 3. The Kier molecular flexibility index (Phi) is 4.20. The van der Waals surface area contributed by atoms with Gasteiger partial charge in [0.05, 0.1) is 11.3 Å². The molecule has 0 unspecified atom stereocenters. The van der Waals surface area contributed by atoms with Crippen molar-refractivity contribution in [2.75, 3.05) is 5.75 Å². The van der Waals surface area contributed by atoms with Crippen LogP contribution in [0, 0.1) is 0 Å². The fourth-order valence-electron chi connectivity index (χ4n) is 2.48. The Balaban J connectivity index is 2.69. The Labute approximate surface area is 120 Å². The largest absolute Gasteiger partial charge is 0.344 e. The van der Waals surface area contributed by atoms with Crippen LogP contribution in [0.3, 0.4) is 0 Å². The van der Waals surface area contributed by atoms with E-state index >= 15 is 0 Å². The summed E-state index contributed by atoms with van der Waals surface area (Å²) in [7, 11) is -3.04. The summed E-state index contributed by atoms with van der Waals surface area (Å²) in [5.41, 5.74) is 8.80. The quantitative estimate of drug-likeness (QED) is 0.922. The molecule has 5 heteroatoms. The van der Waals surface area contributed by atoms with Gasteiger partial charge in [0.1, 0.15) is 0 Å². The molecule has 0 saturated carbocycles. The van der Waals surface area contributed by atoms with Crippen molar-refractivity contribution >= 4 is 20.7 Å². The number of benzene rings is 1. The van der Waals surface area contributed by atoms with E-state index in [0.29, 0.717) is 6.54 Å². The van der Waals surface area contributed by atoms with Crippen molar-refractivity contribution in [3.63, 3.8) is 0 Å². The zero-order valence-corrected chi connectivity index (χ0v) is 13.1. The number of sulfone groups is 1. The SMILES string of the molecule is CCS(=O)(=O)Cc1cn(C(C)C)c2c(CN)cccc12. The van der Waals surface area contributed by atoms with Crippen LogP contribution in [0.5, 0.6) is 0 Å². The zero-order valence-electron chi connectivity index (χ0n) is 12.3. The highest BCUT2D eigenvalue weighted by molar-refractivity contribution is 7.90. The van der Waals surface area contributed by atoms with Gasteiger partial charge in [-0.25, -0.2) is 8.42 Å². The molecule has 2 N–H and O–H groups in total. The first-order chi connectivity index (χ1) is 9.39. The van der Waals surface area contributed by atoms with Gasteiger partial charge in [-0.3, -0.25) is 0 Å². The van der Waals surface area contributed by atoms with Crippen molar-refractivity contribution in [2.24, 2.45) is 5.73 Å². The maximum atomic E-state index is 11.9. The van der Waals surface area contributed by atoms with E-state index in [9.17, 15) is 8.42 Å². The highest BCUT2D eigenvalue weighted by Gasteiger charge is 2.17. The molecule has 20 heavy (non-hydrogen) atoms. The van der Waals surface area contributed by atoms with Crippen LogP contribution in [0.25, 0.3) is 10.9 Å². The molecule has 0 bridgehead atoms. The summed E-state index contributed by atoms with van der Waals surface area (Å²) in [4.78, 5) is 0. The van der Waals surface area contributed by atoms with Crippen molar-refractivity contribution in [2.45, 2.75) is 39.1 Å². The lowest BCUT2D eigenvalue weighted by molar-refractivity contribution is 0.595. The molecule has 4 nitrogen and oxygen atoms in total. The van der Waals surface area contributed by atoms with Gasteiger partial charge in [0, 0.05) is 29.9 Å². The summed E-state index contributed by atoms with van der Waals surface area (Å²) in [5, 5.41) is 0.999. The van der Waals surface area contributed by atoms with E-state index in [1.54, 1.807) is 6.92 Å². The van der Waals surface area contributed by atoms with Crippen LogP contribution in [-0.4, -0.2) is 18.7 Å². The van der Waals surface area contributed by atoms with E-state index in [-0.39, 0.29) is 17.5 Å². The Morgan fingerprint density at radius 2 is 1.95 bits per heavy atom. The molecule has 1 heterocycles. The van der Waals surface area contributed by atoms with Crippen LogP contribution in [0.1, 0.15) is 37.9 Å². The molecule has 0 aliphatic carbocycles. The Hall–Kier alpha value is -1.33. The molecule has 2 rings (SSSR count). The van der Waals surface area contributed by atoms with E-state index in [1.807, 2.05) is 24.4 Å². The molecule has 0 saturated heterocycles. The summed E-state index contributed by atoms with van der Waals surface area (Å²) in [5.74, 6) is 0.256. The highest BCUT2D eigenvalue weighted by atomic mass is 32.2. The summed E-state index contributed by atoms with van der Waals surface area (Å²) in [6, 6.07) is 6.19. The fraction of sp³-hybridized carbons (Fsp3) is 0.467. The van der Waals surface area contributed by atoms with Gasteiger partial charge in [-0.1, -0.05) is 25.1 Å². The van der Waals surface area contributed by atoms with Gasteiger partial charge in [0.2, 0.25) is 0 Å². The molecule has 110 valence electrons. The number of nitrogens with zero attached hydrogens (tertiary/aromatic N) is 1. The molecule has 2 aromatic rings. The van der Waals surface area contributed by atoms with E-state index in [2.05, 4.69) is 18.4 Å². The minimum atomic E-state index is -3.04. The number of hydrogen-bond donors (Lipinski definition) is 1. The maximum absolute atomic E-state index is 11.9. The van der Waals surface area contributed by atoms with Gasteiger partial charge in [-0.15, -0.1) is 0 Å². The average molecular weight is 294 g/mol. The average Bonchev–Trinajstić information content (AvgIpc) is 2.77. The molecule has 0 amide bonds. The Bertz CT molecular complexity index is 715. The third-order valence-corrected chi connectivity index (χ3v) is 5.24. The maximum Gasteiger partial charge on any atom is 0.154 e. The van der Waals surface area contributed by atoms with Crippen LogP contribution in [0.15, 0.2) is 24.4 Å². The molecule has 0 spiro atoms. The Morgan fingerprint density at radius 1 is 1.25 bits per heavy atom. The molecule has 0 aliphatic heterocycles. The summed E-state index contributed by atoms with van der Waals surface area (Å²) >= 11 is 0. The predicted octanol–water partition coefficient (Wildman–Crippen LogP) is 2.62. The van der Waals surface area contributed by atoms with E-state index < -0.39 is 9.84 Å². The zero-order chi connectivity index (χ0) is 14.9. The van der Waals surface area contributed by atoms with Crippen LogP contribution in [-0.2, 0) is 22.1 Å². The highest BCUT2D eigenvalue weighted by Crippen LogP contribution is 2.29. The van der Waals surface area contributed by atoms with Gasteiger partial charge in [-0.2, -0.15) is 0 Å². The lowest BCUT2D eigenvalue weighted by Gasteiger charge is -2.11. The van der Waals surface area contributed by atoms with E-state index in [0.717, 1.165) is 22.0 Å². The van der Waals surface area contributed by atoms with Gasteiger partial charge >= 0.3 is 0 Å². The standard InChI is InChI=1S/C15H22N2O2S/c1-4-20(18,19)10-13-9-17(11(2)3)15-12(8-16)6-5-7-14(13)15/h5-7,9,11H,4,8,10,16H2,1-3H3. The van der Waals surface area contributed by atoms with Crippen molar-refractivity contribution in [3.8, 4) is 0 Å². The first-order valence-corrected chi connectivity index (χ1v) is 8.73. The fourth-order valence-corrected chi connectivity index (χ4v) is 3.39. The number of rotatable bonds is 5. The second-order valence-corrected chi connectivity index (χ2v) is 7.70. The number of fused-ring (bicyclic) bond motifs is 1. The monoisotopic (exact) mass is 294 g/mol. The van der Waals surface area contributed by atoms with Crippen molar-refractivity contribution in [3.05, 3.63) is 35.5 Å². The number of nitrogens with two attached hydrogens (primary N) is 1. The number of para-hydroxylation sites is 1.